The van der Waals surface area contributed by atoms with Crippen LogP contribution in [0.25, 0.3) is 11.0 Å². The topological polar surface area (TPSA) is 108 Å². The first-order valence-electron chi connectivity index (χ1n) is 13.2. The summed E-state index contributed by atoms with van der Waals surface area (Å²) >= 11 is 0. The summed E-state index contributed by atoms with van der Waals surface area (Å²) in [5.41, 5.74) is 11.1. The Balaban J connectivity index is 1.24. The molecule has 0 bridgehead atoms. The molecule has 7 nitrogen and oxygen atoms in total. The van der Waals surface area contributed by atoms with Gasteiger partial charge >= 0.3 is 5.97 Å². The van der Waals surface area contributed by atoms with E-state index in [1.54, 1.807) is 42.5 Å². The lowest BCUT2D eigenvalue weighted by molar-refractivity contribution is 0.0702. The summed E-state index contributed by atoms with van der Waals surface area (Å²) in [6.45, 7) is 4.07. The Morgan fingerprint density at radius 1 is 0.976 bits per heavy atom. The Bertz CT molecular complexity index is 1900. The van der Waals surface area contributed by atoms with Crippen LogP contribution in [0.4, 0.5) is 4.39 Å². The lowest BCUT2D eigenvalue weighted by atomic mass is 9.83. The van der Waals surface area contributed by atoms with Crippen molar-refractivity contribution in [1.82, 2.24) is 0 Å². The monoisotopic (exact) mass is 560 g/mol. The van der Waals surface area contributed by atoms with Gasteiger partial charge in [-0.2, -0.15) is 5.26 Å². The molecule has 2 N–H and O–H groups in total. The van der Waals surface area contributed by atoms with Crippen LogP contribution in [0.1, 0.15) is 44.3 Å². The van der Waals surface area contributed by atoms with Crippen molar-refractivity contribution in [3.8, 4) is 23.3 Å². The van der Waals surface area contributed by atoms with Crippen molar-refractivity contribution >= 4 is 16.9 Å². The zero-order valence-electron chi connectivity index (χ0n) is 22.8. The maximum absolute atomic E-state index is 13.2. The molecule has 0 amide bonds. The number of furan rings is 1. The van der Waals surface area contributed by atoms with Gasteiger partial charge in [-0.15, -0.1) is 0 Å². The van der Waals surface area contributed by atoms with Crippen LogP contribution in [0.5, 0.6) is 17.2 Å². The van der Waals surface area contributed by atoms with Gasteiger partial charge in [0.05, 0.1) is 5.92 Å². The first kappa shape index (κ1) is 26.7. The molecule has 208 valence electrons. The second-order valence-corrected chi connectivity index (χ2v) is 10.1. The molecule has 0 aliphatic carbocycles. The van der Waals surface area contributed by atoms with Crippen molar-refractivity contribution in [2.24, 2.45) is 5.73 Å². The van der Waals surface area contributed by atoms with Crippen LogP contribution in [0, 0.1) is 31.0 Å². The molecule has 0 radical (unpaired) electrons. The number of rotatable bonds is 6. The molecule has 0 saturated carbocycles. The van der Waals surface area contributed by atoms with Gasteiger partial charge in [0.15, 0.2) is 0 Å². The van der Waals surface area contributed by atoms with E-state index in [1.165, 1.54) is 12.1 Å². The van der Waals surface area contributed by atoms with Crippen molar-refractivity contribution in [2.75, 3.05) is 0 Å². The summed E-state index contributed by atoms with van der Waals surface area (Å²) in [5.74, 6) is -0.117. The van der Waals surface area contributed by atoms with E-state index in [-0.39, 0.29) is 35.4 Å². The summed E-state index contributed by atoms with van der Waals surface area (Å²) in [6.07, 6.45) is 0. The van der Waals surface area contributed by atoms with Crippen LogP contribution in [-0.4, -0.2) is 5.97 Å². The molecule has 1 unspecified atom stereocenters. The maximum atomic E-state index is 13.2. The first-order valence-corrected chi connectivity index (χ1v) is 13.2. The Hall–Kier alpha value is -5.55. The van der Waals surface area contributed by atoms with Crippen molar-refractivity contribution in [2.45, 2.75) is 26.4 Å². The second-order valence-electron chi connectivity index (χ2n) is 10.1. The first-order chi connectivity index (χ1) is 20.3. The summed E-state index contributed by atoms with van der Waals surface area (Å²) in [4.78, 5) is 13.0. The molecule has 4 aromatic carbocycles. The number of benzene rings is 4. The normalized spacial score (nSPS) is 14.2. The third-order valence-electron chi connectivity index (χ3n) is 7.21. The lowest BCUT2D eigenvalue weighted by Crippen LogP contribution is -2.21. The minimum Gasteiger partial charge on any atom is -0.489 e. The van der Waals surface area contributed by atoms with Gasteiger partial charge in [0.1, 0.15) is 46.9 Å². The predicted octanol–water partition coefficient (Wildman–Crippen LogP) is 7.21. The number of aryl methyl sites for hydroxylation is 2. The summed E-state index contributed by atoms with van der Waals surface area (Å²) in [5, 5.41) is 10.8. The fourth-order valence-electron chi connectivity index (χ4n) is 5.03. The molecule has 1 aliphatic heterocycles. The predicted molar refractivity (Wildman–Crippen MR) is 154 cm³/mol. The zero-order valence-corrected chi connectivity index (χ0v) is 22.8. The van der Waals surface area contributed by atoms with Gasteiger partial charge < -0.3 is 24.4 Å². The van der Waals surface area contributed by atoms with Crippen LogP contribution in [0.15, 0.2) is 101 Å². The average Bonchev–Trinajstić information content (AvgIpc) is 3.32. The molecule has 0 fully saturated rings. The SMILES string of the molecule is Cc1ccc2oc(C(=O)Oc3ccc4c(c3)OC(N)=C(C#N)C4c3ccc(OCc4ccc(F)cc4)cc3)c(C)c2c1. The molecule has 1 atom stereocenters. The Morgan fingerprint density at radius 3 is 2.45 bits per heavy atom. The van der Waals surface area contributed by atoms with Crippen LogP contribution in [-0.2, 0) is 6.61 Å². The second kappa shape index (κ2) is 10.8. The highest BCUT2D eigenvalue weighted by molar-refractivity contribution is 5.97. The smallest absolute Gasteiger partial charge is 0.379 e. The van der Waals surface area contributed by atoms with E-state index in [0.717, 1.165) is 22.1 Å². The standard InChI is InChI=1S/C34H25FN2O5/c1-19-3-14-29-27(15-19)20(2)32(41-29)34(38)40-25-12-13-26-30(16-25)42-33(37)28(17-36)31(26)22-6-10-24(11-7-22)39-18-21-4-8-23(35)9-5-21/h3-16,31H,18,37H2,1-2H3. The van der Waals surface area contributed by atoms with Gasteiger partial charge in [0.2, 0.25) is 11.6 Å². The molecule has 42 heavy (non-hydrogen) atoms. The maximum Gasteiger partial charge on any atom is 0.379 e. The van der Waals surface area contributed by atoms with Gasteiger partial charge in [-0.3, -0.25) is 0 Å². The highest BCUT2D eigenvalue weighted by Crippen LogP contribution is 2.44. The summed E-state index contributed by atoms with van der Waals surface area (Å²) in [6, 6.07) is 26.2. The number of esters is 1. The van der Waals surface area contributed by atoms with Crippen molar-refractivity contribution in [3.05, 3.63) is 136 Å². The number of halogens is 1. The molecular formula is C34H25FN2O5. The van der Waals surface area contributed by atoms with Crippen LogP contribution in [0.3, 0.4) is 0 Å². The van der Waals surface area contributed by atoms with E-state index < -0.39 is 11.9 Å². The molecule has 8 heteroatoms. The third kappa shape index (κ3) is 5.04. The van der Waals surface area contributed by atoms with Crippen LogP contribution < -0.4 is 19.9 Å². The van der Waals surface area contributed by atoms with Gasteiger partial charge in [0, 0.05) is 22.6 Å². The number of hydrogen-bond acceptors (Lipinski definition) is 7. The third-order valence-corrected chi connectivity index (χ3v) is 7.21. The summed E-state index contributed by atoms with van der Waals surface area (Å²) < 4.78 is 36.2. The van der Waals surface area contributed by atoms with Crippen molar-refractivity contribution in [1.29, 1.82) is 5.26 Å². The Morgan fingerprint density at radius 2 is 1.71 bits per heavy atom. The van der Waals surface area contributed by atoms with E-state index in [1.807, 2.05) is 44.2 Å². The average molecular weight is 561 g/mol. The number of fused-ring (bicyclic) bond motifs is 2. The highest BCUT2D eigenvalue weighted by atomic mass is 19.1. The fourth-order valence-corrected chi connectivity index (χ4v) is 5.03. The number of hydrogen-bond donors (Lipinski definition) is 1. The lowest BCUT2D eigenvalue weighted by Gasteiger charge is -2.26. The molecular weight excluding hydrogens is 535 g/mol. The number of allylic oxidation sites excluding steroid dienone is 1. The highest BCUT2D eigenvalue weighted by Gasteiger charge is 2.31. The number of carbonyl (C=O) groups is 1. The zero-order chi connectivity index (χ0) is 29.4. The number of nitrogens with zero attached hydrogens (tertiary/aromatic N) is 1. The molecule has 0 spiro atoms. The van der Waals surface area contributed by atoms with Gasteiger partial charge in [-0.1, -0.05) is 42.0 Å². The van der Waals surface area contributed by atoms with E-state index in [2.05, 4.69) is 6.07 Å². The molecule has 5 aromatic rings. The Kier molecular flexibility index (Phi) is 6.85. The molecule has 6 rings (SSSR count). The number of nitriles is 1. The van der Waals surface area contributed by atoms with Gasteiger partial charge in [-0.25, -0.2) is 9.18 Å². The summed E-state index contributed by atoms with van der Waals surface area (Å²) in [7, 11) is 0. The molecule has 0 saturated heterocycles. The van der Waals surface area contributed by atoms with Gasteiger partial charge in [0.25, 0.3) is 0 Å². The number of carbonyl (C=O) groups excluding carboxylic acids is 1. The van der Waals surface area contributed by atoms with E-state index >= 15 is 0 Å². The van der Waals surface area contributed by atoms with E-state index in [9.17, 15) is 14.4 Å². The van der Waals surface area contributed by atoms with E-state index in [0.29, 0.717) is 28.2 Å². The number of nitrogens with two attached hydrogens (primary N) is 1. The molecule has 2 heterocycles. The van der Waals surface area contributed by atoms with Gasteiger partial charge in [-0.05, 0) is 67.4 Å². The number of ether oxygens (including phenoxy) is 3. The van der Waals surface area contributed by atoms with E-state index in [4.69, 9.17) is 24.4 Å². The largest absolute Gasteiger partial charge is 0.489 e. The Labute approximate surface area is 241 Å². The minimum absolute atomic E-state index is 0.0291. The van der Waals surface area contributed by atoms with Crippen molar-refractivity contribution in [3.63, 3.8) is 0 Å². The minimum atomic E-state index is -0.633. The van der Waals surface area contributed by atoms with Crippen LogP contribution in [0.2, 0.25) is 0 Å². The fraction of sp³-hybridized carbons (Fsp3) is 0.118. The quantitative estimate of drug-likeness (QED) is 0.173. The molecule has 1 aromatic heterocycles. The van der Waals surface area contributed by atoms with Crippen LogP contribution >= 0.6 is 0 Å². The molecule has 1 aliphatic rings. The van der Waals surface area contributed by atoms with Crippen molar-refractivity contribution < 1.29 is 27.8 Å².